The van der Waals surface area contributed by atoms with Crippen molar-refractivity contribution in [1.82, 2.24) is 60.8 Å². The molecule has 4 aromatic carbocycles. The van der Waals surface area contributed by atoms with Crippen LogP contribution < -0.4 is 21.3 Å². The second kappa shape index (κ2) is 26.3. The van der Waals surface area contributed by atoms with Crippen LogP contribution in [0.25, 0.3) is 44.3 Å². The molecule has 0 bridgehead atoms. The molecule has 5 fully saturated rings. The van der Waals surface area contributed by atoms with Crippen molar-refractivity contribution in [3.05, 3.63) is 109 Å². The second-order valence-corrected chi connectivity index (χ2v) is 23.8. The lowest BCUT2D eigenvalue weighted by atomic mass is 10.0. The maximum absolute atomic E-state index is 14.9. The first-order valence-corrected chi connectivity index (χ1v) is 30.8. The number of hydrogen-bond acceptors (Lipinski definition) is 11. The third-order valence-electron chi connectivity index (χ3n) is 18.5. The third-order valence-corrected chi connectivity index (χ3v) is 18.5. The van der Waals surface area contributed by atoms with Gasteiger partial charge in [-0.3, -0.25) is 29.3 Å². The molecule has 5 aliphatic rings. The van der Waals surface area contributed by atoms with Gasteiger partial charge in [-0.1, -0.05) is 123 Å². The Kier molecular flexibility index (Phi) is 18.3. The quantitative estimate of drug-likeness (QED) is 0.0281. The van der Waals surface area contributed by atoms with E-state index in [1.807, 2.05) is 77.5 Å². The van der Waals surface area contributed by atoms with E-state index >= 15 is 0 Å². The molecule has 10 atom stereocenters. The number of likely N-dealkylation sites (N-methyl/N-ethyl adjacent to an activating group) is 2. The molecular formula is C65H84N12O6. The number of benzene rings is 4. The number of fused-ring (bicyclic) bond motifs is 4. The minimum atomic E-state index is -0.892. The summed E-state index contributed by atoms with van der Waals surface area (Å²) in [5, 5.41) is 12.8. The van der Waals surface area contributed by atoms with E-state index in [-0.39, 0.29) is 78.6 Å². The van der Waals surface area contributed by atoms with Crippen LogP contribution in [0.3, 0.4) is 0 Å². The van der Waals surface area contributed by atoms with E-state index in [0.29, 0.717) is 38.9 Å². The highest BCUT2D eigenvalue weighted by Gasteiger charge is 2.49. The fourth-order valence-electron chi connectivity index (χ4n) is 13.5. The Morgan fingerprint density at radius 1 is 0.578 bits per heavy atom. The highest BCUT2D eigenvalue weighted by atomic mass is 16.6. The van der Waals surface area contributed by atoms with Crippen molar-refractivity contribution in [3.63, 3.8) is 0 Å². The van der Waals surface area contributed by atoms with E-state index in [1.165, 1.54) is 0 Å². The lowest BCUT2D eigenvalue weighted by Crippen LogP contribution is -2.60. The van der Waals surface area contributed by atoms with Crippen molar-refractivity contribution in [3.8, 4) is 22.3 Å². The summed E-state index contributed by atoms with van der Waals surface area (Å²) in [4.78, 5) is 96.1. The monoisotopic (exact) mass is 1130 g/mol. The highest BCUT2D eigenvalue weighted by molar-refractivity contribution is 5.94. The van der Waals surface area contributed by atoms with Crippen LogP contribution in [0, 0.1) is 0 Å². The number of epoxide rings is 1. The average molecular weight is 1130 g/mol. The van der Waals surface area contributed by atoms with Gasteiger partial charge in [-0.25, -0.2) is 9.97 Å². The Morgan fingerprint density at radius 2 is 1.05 bits per heavy atom. The first-order chi connectivity index (χ1) is 40.5. The topological polar surface area (TPSA) is 216 Å². The van der Waals surface area contributed by atoms with E-state index in [0.717, 1.165) is 139 Å². The molecule has 5 aliphatic heterocycles. The number of para-hydroxylation sites is 2. The molecule has 0 spiro atoms. The molecule has 6 N–H and O–H groups in total. The van der Waals surface area contributed by atoms with Crippen LogP contribution >= 0.6 is 0 Å². The summed E-state index contributed by atoms with van der Waals surface area (Å²) in [6.45, 7) is 5.34. The number of unbranched alkanes of at least 4 members (excludes halogenated alkanes) is 7. The molecule has 2 aromatic heterocycles. The summed E-state index contributed by atoms with van der Waals surface area (Å²) < 4.78 is 6.04. The van der Waals surface area contributed by atoms with Crippen LogP contribution in [-0.4, -0.2) is 158 Å². The van der Waals surface area contributed by atoms with Gasteiger partial charge >= 0.3 is 0 Å². The van der Waals surface area contributed by atoms with Gasteiger partial charge in [0, 0.05) is 68.3 Å². The number of aromatic amines is 2. The van der Waals surface area contributed by atoms with E-state index in [9.17, 15) is 24.0 Å². The fourth-order valence-corrected chi connectivity index (χ4v) is 13.5. The molecule has 83 heavy (non-hydrogen) atoms. The van der Waals surface area contributed by atoms with Gasteiger partial charge in [0.1, 0.15) is 36.1 Å². The van der Waals surface area contributed by atoms with Crippen molar-refractivity contribution in [2.75, 3.05) is 40.3 Å². The predicted octanol–water partition coefficient (Wildman–Crippen LogP) is 8.29. The number of aromatic nitrogens is 4. The number of carbonyl (C=O) groups is 5. The minimum Gasteiger partial charge on any atom is -0.352 e. The molecule has 2 unspecified atom stereocenters. The molecule has 11 rings (SSSR count). The van der Waals surface area contributed by atoms with Crippen LogP contribution in [0.1, 0.15) is 140 Å². The Bertz CT molecular complexity index is 3220. The van der Waals surface area contributed by atoms with Gasteiger partial charge < -0.3 is 50.3 Å². The normalized spacial score (nSPS) is 24.5. The SMILES string of the molecule is CN[C@@H](C)C(=O)N[C@H]1CN(C(=O)CCCCCCCCCCC(=O)N2CC[C@H]3CC[C@@H](c4nc5cccc(-c6ccccc6)c5[nH]4)N3C(=O)[C@@H](NC3OC3[C@H](C)NC)C2)CC[C@H]2CC[C@@H](c3nc4cccc(-c5ccccc5)c4[nH]3)N2C1=O. The number of carbonyl (C=O) groups excluding carboxylic acids is 5. The van der Waals surface area contributed by atoms with Gasteiger partial charge in [-0.05, 0) is 103 Å². The third kappa shape index (κ3) is 12.9. The zero-order valence-corrected chi connectivity index (χ0v) is 48.8. The maximum atomic E-state index is 14.9. The molecule has 6 aromatic rings. The Morgan fingerprint density at radius 3 is 1.53 bits per heavy atom. The van der Waals surface area contributed by atoms with Crippen molar-refractivity contribution >= 4 is 51.6 Å². The highest BCUT2D eigenvalue weighted by Crippen LogP contribution is 2.42. The summed E-state index contributed by atoms with van der Waals surface area (Å²) in [6, 6.07) is 30.2. The molecule has 5 amide bonds. The first kappa shape index (κ1) is 57.8. The van der Waals surface area contributed by atoms with Crippen molar-refractivity contribution in [2.24, 2.45) is 0 Å². The van der Waals surface area contributed by atoms with Crippen LogP contribution in [0.5, 0.6) is 0 Å². The van der Waals surface area contributed by atoms with Gasteiger partial charge in [0.2, 0.25) is 29.5 Å². The number of nitrogens with one attached hydrogen (secondary N) is 6. The van der Waals surface area contributed by atoms with Crippen LogP contribution in [0.2, 0.25) is 0 Å². The molecule has 0 saturated carbocycles. The molecule has 18 heteroatoms. The lowest BCUT2D eigenvalue weighted by Gasteiger charge is -2.39. The van der Waals surface area contributed by atoms with Crippen molar-refractivity contribution in [1.29, 1.82) is 0 Å². The van der Waals surface area contributed by atoms with Gasteiger partial charge in [0.15, 0.2) is 0 Å². The predicted molar refractivity (Wildman–Crippen MR) is 321 cm³/mol. The summed E-state index contributed by atoms with van der Waals surface area (Å²) in [5.41, 5.74) is 7.94. The number of amides is 5. The number of imidazole rings is 2. The second-order valence-electron chi connectivity index (χ2n) is 23.8. The first-order valence-electron chi connectivity index (χ1n) is 30.8. The smallest absolute Gasteiger partial charge is 0.247 e. The fraction of sp³-hybridized carbons (Fsp3) is 0.523. The number of hydrogen-bond donors (Lipinski definition) is 6. The van der Waals surface area contributed by atoms with Crippen LogP contribution in [-0.2, 0) is 28.7 Å². The standard InChI is InChI=1S/C65H84N12O6/c1-41(66-3)59-63(83-59)71-52-40-75(38-36-46-32-34-54(77(46)65(52)82)61-69-50-28-20-26-48(58(50)73-61)44-23-15-12-16-24-44)56(79)30-18-10-8-6-5-7-9-17-29-55(78)74-37-35-45-31-33-53(76(45)64(81)51(39-74)70-62(80)42(2)67-4)60-68-49-27-19-25-47(57(49)72-60)43-21-13-11-14-22-43/h11-16,19-28,41-42,45-46,51-54,59,63,66-67,71H,5-10,17-18,29-40H2,1-4H3,(H,68,72)(H,69,73)(H,70,80)/t41-,42-,45+,46+,51-,52-,53-,54-,59?,63?/m0/s1. The molecule has 18 nitrogen and oxygen atoms in total. The van der Waals surface area contributed by atoms with E-state index in [4.69, 9.17) is 14.7 Å². The van der Waals surface area contributed by atoms with Gasteiger partial charge in [0.05, 0.1) is 40.2 Å². The summed E-state index contributed by atoms with van der Waals surface area (Å²) in [6.07, 6.45) is 12.6. The van der Waals surface area contributed by atoms with E-state index < -0.39 is 18.1 Å². The minimum absolute atomic E-state index is 0.00890. The van der Waals surface area contributed by atoms with Gasteiger partial charge in [-0.2, -0.15) is 0 Å². The van der Waals surface area contributed by atoms with Gasteiger partial charge in [0.25, 0.3) is 0 Å². The number of rotatable bonds is 22. The number of nitrogens with zero attached hydrogens (tertiary/aromatic N) is 6. The largest absolute Gasteiger partial charge is 0.352 e. The van der Waals surface area contributed by atoms with Crippen LogP contribution in [0.4, 0.5) is 0 Å². The van der Waals surface area contributed by atoms with Crippen molar-refractivity contribution < 1.29 is 28.7 Å². The molecular weight excluding hydrogens is 1040 g/mol. The summed E-state index contributed by atoms with van der Waals surface area (Å²) >= 11 is 0. The zero-order valence-electron chi connectivity index (χ0n) is 48.8. The molecule has 0 aliphatic carbocycles. The molecule has 7 heterocycles. The lowest BCUT2D eigenvalue weighted by molar-refractivity contribution is -0.144. The van der Waals surface area contributed by atoms with E-state index in [2.05, 4.69) is 79.5 Å². The van der Waals surface area contributed by atoms with Crippen molar-refractivity contribution in [2.45, 2.75) is 177 Å². The molecule has 440 valence electrons. The maximum Gasteiger partial charge on any atom is 0.247 e. The Balaban J connectivity index is 0.639. The molecule has 0 radical (unpaired) electrons. The summed E-state index contributed by atoms with van der Waals surface area (Å²) in [5.74, 6) is 1.18. The van der Waals surface area contributed by atoms with Crippen LogP contribution in [0.15, 0.2) is 97.1 Å². The summed E-state index contributed by atoms with van der Waals surface area (Å²) in [7, 11) is 3.62. The Labute approximate surface area is 487 Å². The zero-order chi connectivity index (χ0) is 57.6. The Hall–Kier alpha value is -6.99. The molecule has 5 saturated heterocycles. The van der Waals surface area contributed by atoms with Gasteiger partial charge in [-0.15, -0.1) is 0 Å². The van der Waals surface area contributed by atoms with E-state index in [1.54, 1.807) is 18.9 Å². The number of H-pyrrole nitrogens is 2. The average Bonchev–Trinajstić information content (AvgIpc) is 4.15. The number of ether oxygens (including phenoxy) is 1.